The van der Waals surface area contributed by atoms with Crippen molar-refractivity contribution in [1.82, 2.24) is 4.90 Å². The minimum atomic E-state index is -0.508. The number of hydrogen-bond acceptors (Lipinski definition) is 3. The summed E-state index contributed by atoms with van der Waals surface area (Å²) in [5.41, 5.74) is 6.09. The molecule has 0 atom stereocenters. The van der Waals surface area contributed by atoms with E-state index in [1.54, 1.807) is 0 Å². The molecular weight excluding hydrogens is 281 g/mol. The van der Waals surface area contributed by atoms with Gasteiger partial charge < -0.3 is 11.1 Å². The molecular formula is C14H21ClFN3O. The molecule has 20 heavy (non-hydrogen) atoms. The van der Waals surface area contributed by atoms with E-state index in [1.807, 2.05) is 25.8 Å². The van der Waals surface area contributed by atoms with Crippen LogP contribution < -0.4 is 11.1 Å². The summed E-state index contributed by atoms with van der Waals surface area (Å²) < 4.78 is 13.0. The standard InChI is InChI=1S/C14H21ClFN3O/c1-14(2,8-17)9-19(3)7-13(20)18-10-4-5-12(16)11(15)6-10/h4-6H,7-9,17H2,1-3H3,(H,18,20). The van der Waals surface area contributed by atoms with E-state index >= 15 is 0 Å². The van der Waals surface area contributed by atoms with Crippen LogP contribution >= 0.6 is 11.6 Å². The van der Waals surface area contributed by atoms with E-state index in [9.17, 15) is 9.18 Å². The molecule has 0 bridgehead atoms. The van der Waals surface area contributed by atoms with Crippen molar-refractivity contribution in [3.05, 3.63) is 29.0 Å². The molecule has 112 valence electrons. The fraction of sp³-hybridized carbons (Fsp3) is 0.500. The van der Waals surface area contributed by atoms with Crippen molar-refractivity contribution in [3.63, 3.8) is 0 Å². The van der Waals surface area contributed by atoms with Gasteiger partial charge in [0.05, 0.1) is 11.6 Å². The van der Waals surface area contributed by atoms with Crippen LogP contribution in [-0.2, 0) is 4.79 Å². The van der Waals surface area contributed by atoms with Crippen LogP contribution in [0.25, 0.3) is 0 Å². The molecule has 0 aliphatic carbocycles. The van der Waals surface area contributed by atoms with Crippen molar-refractivity contribution in [2.24, 2.45) is 11.1 Å². The normalized spacial score (nSPS) is 11.8. The molecule has 0 aliphatic heterocycles. The topological polar surface area (TPSA) is 58.4 Å². The van der Waals surface area contributed by atoms with Crippen molar-refractivity contribution in [2.75, 3.05) is 32.0 Å². The van der Waals surface area contributed by atoms with E-state index in [0.717, 1.165) is 0 Å². The monoisotopic (exact) mass is 301 g/mol. The van der Waals surface area contributed by atoms with E-state index < -0.39 is 5.82 Å². The van der Waals surface area contributed by atoms with Crippen molar-refractivity contribution < 1.29 is 9.18 Å². The lowest BCUT2D eigenvalue weighted by molar-refractivity contribution is -0.117. The van der Waals surface area contributed by atoms with Crippen LogP contribution in [0.2, 0.25) is 5.02 Å². The number of benzene rings is 1. The van der Waals surface area contributed by atoms with Gasteiger partial charge >= 0.3 is 0 Å². The minimum Gasteiger partial charge on any atom is -0.330 e. The summed E-state index contributed by atoms with van der Waals surface area (Å²) in [5.74, 6) is -0.686. The predicted molar refractivity (Wildman–Crippen MR) is 80.4 cm³/mol. The molecule has 1 aromatic carbocycles. The number of halogens is 2. The highest BCUT2D eigenvalue weighted by Crippen LogP contribution is 2.19. The van der Waals surface area contributed by atoms with Crippen LogP contribution in [0.1, 0.15) is 13.8 Å². The van der Waals surface area contributed by atoms with E-state index in [-0.39, 0.29) is 22.9 Å². The number of nitrogens with zero attached hydrogens (tertiary/aromatic N) is 1. The van der Waals surface area contributed by atoms with Crippen LogP contribution in [0.5, 0.6) is 0 Å². The third-order valence-corrected chi connectivity index (χ3v) is 3.16. The Kier molecular flexibility index (Phi) is 5.92. The van der Waals surface area contributed by atoms with Crippen LogP contribution in [0.3, 0.4) is 0 Å². The van der Waals surface area contributed by atoms with E-state index in [1.165, 1.54) is 18.2 Å². The number of amides is 1. The summed E-state index contributed by atoms with van der Waals surface area (Å²) >= 11 is 5.66. The second kappa shape index (κ2) is 7.02. The smallest absolute Gasteiger partial charge is 0.238 e. The lowest BCUT2D eigenvalue weighted by Gasteiger charge is -2.28. The van der Waals surface area contributed by atoms with Gasteiger partial charge in [0.25, 0.3) is 0 Å². The van der Waals surface area contributed by atoms with Gasteiger partial charge in [-0.05, 0) is 37.2 Å². The highest BCUT2D eigenvalue weighted by atomic mass is 35.5. The summed E-state index contributed by atoms with van der Waals surface area (Å²) in [6.45, 7) is 5.58. The zero-order valence-corrected chi connectivity index (χ0v) is 12.8. The zero-order chi connectivity index (χ0) is 15.3. The second-order valence-electron chi connectivity index (χ2n) is 5.72. The molecule has 0 fully saturated rings. The number of rotatable bonds is 6. The van der Waals surface area contributed by atoms with Gasteiger partial charge in [0, 0.05) is 12.2 Å². The lowest BCUT2D eigenvalue weighted by Crippen LogP contribution is -2.40. The average molecular weight is 302 g/mol. The predicted octanol–water partition coefficient (Wildman–Crippen LogP) is 2.33. The van der Waals surface area contributed by atoms with Crippen molar-refractivity contribution >= 4 is 23.2 Å². The molecule has 0 aliphatic rings. The number of anilines is 1. The number of carbonyl (C=O) groups is 1. The van der Waals surface area contributed by atoms with E-state index in [4.69, 9.17) is 17.3 Å². The van der Waals surface area contributed by atoms with E-state index in [2.05, 4.69) is 5.32 Å². The van der Waals surface area contributed by atoms with Crippen molar-refractivity contribution in [1.29, 1.82) is 0 Å². The molecule has 0 heterocycles. The molecule has 1 aromatic rings. The van der Waals surface area contributed by atoms with Gasteiger partial charge in [-0.2, -0.15) is 0 Å². The summed E-state index contributed by atoms with van der Waals surface area (Å²) in [5, 5.41) is 2.67. The Labute approximate surface area is 124 Å². The zero-order valence-electron chi connectivity index (χ0n) is 12.0. The Morgan fingerprint density at radius 3 is 2.70 bits per heavy atom. The minimum absolute atomic E-state index is 0.0135. The largest absolute Gasteiger partial charge is 0.330 e. The fourth-order valence-corrected chi connectivity index (χ4v) is 2.05. The van der Waals surface area contributed by atoms with Gasteiger partial charge in [0.15, 0.2) is 0 Å². The average Bonchev–Trinajstić information content (AvgIpc) is 2.33. The molecule has 0 saturated carbocycles. The highest BCUT2D eigenvalue weighted by Gasteiger charge is 2.19. The molecule has 0 aromatic heterocycles. The van der Waals surface area contributed by atoms with Gasteiger partial charge in [0.1, 0.15) is 5.82 Å². The number of hydrogen-bond donors (Lipinski definition) is 2. The first kappa shape index (κ1) is 16.9. The number of nitrogens with one attached hydrogen (secondary N) is 1. The number of likely N-dealkylation sites (N-methyl/N-ethyl adjacent to an activating group) is 1. The molecule has 6 heteroatoms. The van der Waals surface area contributed by atoms with Crippen molar-refractivity contribution in [2.45, 2.75) is 13.8 Å². The van der Waals surface area contributed by atoms with Crippen LogP contribution in [0.4, 0.5) is 10.1 Å². The number of carbonyl (C=O) groups excluding carboxylic acids is 1. The maximum absolute atomic E-state index is 13.0. The molecule has 0 saturated heterocycles. The quantitative estimate of drug-likeness (QED) is 0.848. The first-order chi connectivity index (χ1) is 9.23. The maximum Gasteiger partial charge on any atom is 0.238 e. The van der Waals surface area contributed by atoms with Crippen molar-refractivity contribution in [3.8, 4) is 0 Å². The highest BCUT2D eigenvalue weighted by molar-refractivity contribution is 6.31. The summed E-state index contributed by atoms with van der Waals surface area (Å²) in [7, 11) is 1.86. The molecule has 1 rings (SSSR count). The lowest BCUT2D eigenvalue weighted by atomic mass is 9.93. The number of nitrogens with two attached hydrogens (primary N) is 1. The van der Waals surface area contributed by atoms with Crippen LogP contribution in [-0.4, -0.2) is 37.5 Å². The first-order valence-electron chi connectivity index (χ1n) is 6.37. The maximum atomic E-state index is 13.0. The molecule has 1 amide bonds. The Morgan fingerprint density at radius 2 is 2.15 bits per heavy atom. The fourth-order valence-electron chi connectivity index (χ4n) is 1.87. The van der Waals surface area contributed by atoms with Gasteiger partial charge in [-0.1, -0.05) is 25.4 Å². The second-order valence-corrected chi connectivity index (χ2v) is 6.12. The summed E-state index contributed by atoms with van der Waals surface area (Å²) in [4.78, 5) is 13.8. The van der Waals surface area contributed by atoms with Crippen LogP contribution in [0.15, 0.2) is 18.2 Å². The molecule has 0 radical (unpaired) electrons. The van der Waals surface area contributed by atoms with Gasteiger partial charge in [-0.3, -0.25) is 9.69 Å². The third kappa shape index (κ3) is 5.45. The van der Waals surface area contributed by atoms with Gasteiger partial charge in [0.2, 0.25) is 5.91 Å². The van der Waals surface area contributed by atoms with Crippen LogP contribution in [0, 0.1) is 11.2 Å². The molecule has 3 N–H and O–H groups in total. The van der Waals surface area contributed by atoms with E-state index in [0.29, 0.717) is 18.8 Å². The Balaban J connectivity index is 2.53. The molecule has 0 unspecified atom stereocenters. The summed E-state index contributed by atoms with van der Waals surface area (Å²) in [6.07, 6.45) is 0. The Hall–Kier alpha value is -1.17. The van der Waals surface area contributed by atoms with Gasteiger partial charge in [-0.15, -0.1) is 0 Å². The third-order valence-electron chi connectivity index (χ3n) is 2.87. The summed E-state index contributed by atoms with van der Waals surface area (Å²) in [6, 6.07) is 4.08. The van der Waals surface area contributed by atoms with Gasteiger partial charge in [-0.25, -0.2) is 4.39 Å². The first-order valence-corrected chi connectivity index (χ1v) is 6.75. The SMILES string of the molecule is CN(CC(=O)Nc1ccc(F)c(Cl)c1)CC(C)(C)CN. The Bertz CT molecular complexity index is 479. The molecule has 0 spiro atoms. The molecule has 4 nitrogen and oxygen atoms in total. The Morgan fingerprint density at radius 1 is 1.50 bits per heavy atom.